The SMILES string of the molecule is CCCNC(=O)C(C)OC(=O)/C=C/c1cn(-c2ccccc2)nc1-c1cccs1. The number of carbonyl (C=O) groups is 2. The van der Waals surface area contributed by atoms with Crippen LogP contribution in [0.3, 0.4) is 0 Å². The molecule has 7 heteroatoms. The van der Waals surface area contributed by atoms with Gasteiger partial charge >= 0.3 is 5.97 Å². The van der Waals surface area contributed by atoms with Gasteiger partial charge in [-0.3, -0.25) is 4.79 Å². The van der Waals surface area contributed by atoms with E-state index >= 15 is 0 Å². The Morgan fingerprint density at radius 1 is 1.24 bits per heavy atom. The van der Waals surface area contributed by atoms with Crippen molar-refractivity contribution in [1.29, 1.82) is 0 Å². The van der Waals surface area contributed by atoms with Gasteiger partial charge in [0.1, 0.15) is 5.69 Å². The van der Waals surface area contributed by atoms with Gasteiger partial charge in [-0.15, -0.1) is 11.3 Å². The summed E-state index contributed by atoms with van der Waals surface area (Å²) < 4.78 is 6.97. The summed E-state index contributed by atoms with van der Waals surface area (Å²) in [5.74, 6) is -0.876. The first-order valence-corrected chi connectivity index (χ1v) is 10.3. The van der Waals surface area contributed by atoms with Gasteiger partial charge in [-0.05, 0) is 43.0 Å². The van der Waals surface area contributed by atoms with Crippen LogP contribution in [0, 0.1) is 0 Å². The predicted molar refractivity (Wildman–Crippen MR) is 115 cm³/mol. The molecule has 1 aromatic carbocycles. The Kier molecular flexibility index (Phi) is 6.97. The molecule has 0 fully saturated rings. The Morgan fingerprint density at radius 3 is 2.72 bits per heavy atom. The molecule has 3 aromatic rings. The first-order chi connectivity index (χ1) is 14.1. The Bertz CT molecular complexity index is 978. The fourth-order valence-corrected chi connectivity index (χ4v) is 3.37. The molecular weight excluding hydrogens is 386 g/mol. The number of rotatable bonds is 8. The smallest absolute Gasteiger partial charge is 0.331 e. The van der Waals surface area contributed by atoms with E-state index in [1.807, 2.05) is 61.0 Å². The van der Waals surface area contributed by atoms with Crippen molar-refractivity contribution in [3.63, 3.8) is 0 Å². The van der Waals surface area contributed by atoms with Crippen LogP contribution in [0.15, 0.2) is 60.1 Å². The summed E-state index contributed by atoms with van der Waals surface area (Å²) in [5.41, 5.74) is 2.49. The molecule has 29 heavy (non-hydrogen) atoms. The second-order valence-corrected chi connectivity index (χ2v) is 7.34. The van der Waals surface area contributed by atoms with E-state index in [0.717, 1.165) is 28.2 Å². The maximum absolute atomic E-state index is 12.2. The number of carbonyl (C=O) groups excluding carboxylic acids is 2. The average molecular weight is 410 g/mol. The quantitative estimate of drug-likeness (QED) is 0.450. The Balaban J connectivity index is 1.78. The van der Waals surface area contributed by atoms with E-state index in [0.29, 0.717) is 6.54 Å². The Hall–Kier alpha value is -3.19. The number of nitrogens with zero attached hydrogens (tertiary/aromatic N) is 2. The number of thiophene rings is 1. The molecule has 3 rings (SSSR count). The highest BCUT2D eigenvalue weighted by Crippen LogP contribution is 2.28. The highest BCUT2D eigenvalue weighted by molar-refractivity contribution is 7.13. The van der Waals surface area contributed by atoms with Crippen LogP contribution >= 0.6 is 11.3 Å². The van der Waals surface area contributed by atoms with Crippen LogP contribution in [0.2, 0.25) is 0 Å². The van der Waals surface area contributed by atoms with E-state index < -0.39 is 12.1 Å². The van der Waals surface area contributed by atoms with Gasteiger partial charge in [0.25, 0.3) is 5.91 Å². The molecule has 1 atom stereocenters. The number of benzene rings is 1. The summed E-state index contributed by atoms with van der Waals surface area (Å²) in [6.07, 6.45) is 4.84. The van der Waals surface area contributed by atoms with Gasteiger partial charge < -0.3 is 10.1 Å². The lowest BCUT2D eigenvalue weighted by molar-refractivity contribution is -0.150. The Labute approximate surface area is 173 Å². The van der Waals surface area contributed by atoms with Crippen molar-refractivity contribution >= 4 is 29.3 Å². The molecule has 1 N–H and O–H groups in total. The zero-order valence-electron chi connectivity index (χ0n) is 16.4. The highest BCUT2D eigenvalue weighted by Gasteiger charge is 2.16. The van der Waals surface area contributed by atoms with Crippen molar-refractivity contribution in [2.75, 3.05) is 6.54 Å². The van der Waals surface area contributed by atoms with Crippen molar-refractivity contribution in [2.45, 2.75) is 26.4 Å². The molecule has 2 heterocycles. The van der Waals surface area contributed by atoms with Gasteiger partial charge in [-0.2, -0.15) is 5.10 Å². The molecule has 2 aromatic heterocycles. The lowest BCUT2D eigenvalue weighted by Gasteiger charge is -2.11. The van der Waals surface area contributed by atoms with Crippen LogP contribution < -0.4 is 5.32 Å². The number of esters is 1. The maximum Gasteiger partial charge on any atom is 0.331 e. The van der Waals surface area contributed by atoms with Crippen molar-refractivity contribution < 1.29 is 14.3 Å². The van der Waals surface area contributed by atoms with Gasteiger partial charge in [-0.25, -0.2) is 9.48 Å². The molecule has 0 aliphatic heterocycles. The van der Waals surface area contributed by atoms with E-state index in [-0.39, 0.29) is 5.91 Å². The Morgan fingerprint density at radius 2 is 2.03 bits per heavy atom. The minimum Gasteiger partial charge on any atom is -0.449 e. The second kappa shape index (κ2) is 9.84. The van der Waals surface area contributed by atoms with Gasteiger partial charge in [0.2, 0.25) is 0 Å². The summed E-state index contributed by atoms with van der Waals surface area (Å²) >= 11 is 1.58. The van der Waals surface area contributed by atoms with Crippen LogP contribution in [0.1, 0.15) is 25.8 Å². The number of ether oxygens (including phenoxy) is 1. The minimum atomic E-state index is -0.845. The second-order valence-electron chi connectivity index (χ2n) is 6.39. The van der Waals surface area contributed by atoms with Crippen molar-refractivity contribution in [1.82, 2.24) is 15.1 Å². The molecule has 1 unspecified atom stereocenters. The lowest BCUT2D eigenvalue weighted by atomic mass is 10.2. The van der Waals surface area contributed by atoms with Crippen molar-refractivity contribution in [2.24, 2.45) is 0 Å². The summed E-state index contributed by atoms with van der Waals surface area (Å²) in [5, 5.41) is 9.37. The third-order valence-corrected chi connectivity index (χ3v) is 5.00. The molecular formula is C22H23N3O3S. The maximum atomic E-state index is 12.2. The molecule has 0 bridgehead atoms. The summed E-state index contributed by atoms with van der Waals surface area (Å²) in [6, 6.07) is 13.7. The normalized spacial score (nSPS) is 12.1. The van der Waals surface area contributed by atoms with Crippen LogP contribution in [0.25, 0.3) is 22.3 Å². The zero-order chi connectivity index (χ0) is 20.6. The third-order valence-electron chi connectivity index (χ3n) is 4.13. The topological polar surface area (TPSA) is 73.2 Å². The van der Waals surface area contributed by atoms with Crippen LogP contribution in [-0.2, 0) is 14.3 Å². The number of aromatic nitrogens is 2. The molecule has 1 amide bonds. The van der Waals surface area contributed by atoms with E-state index in [1.165, 1.54) is 6.08 Å². The van der Waals surface area contributed by atoms with Gasteiger partial charge in [0, 0.05) is 24.4 Å². The lowest BCUT2D eigenvalue weighted by Crippen LogP contribution is -2.35. The zero-order valence-corrected chi connectivity index (χ0v) is 17.2. The van der Waals surface area contributed by atoms with Gasteiger partial charge in [0.15, 0.2) is 6.10 Å². The van der Waals surface area contributed by atoms with Crippen molar-refractivity contribution in [3.8, 4) is 16.3 Å². The molecule has 0 radical (unpaired) electrons. The van der Waals surface area contributed by atoms with E-state index in [4.69, 9.17) is 4.74 Å². The number of hydrogen-bond acceptors (Lipinski definition) is 5. The molecule has 150 valence electrons. The van der Waals surface area contributed by atoms with Crippen LogP contribution in [0.4, 0.5) is 0 Å². The fraction of sp³-hybridized carbons (Fsp3) is 0.227. The fourth-order valence-electron chi connectivity index (χ4n) is 2.64. The number of nitrogens with one attached hydrogen (secondary N) is 1. The highest BCUT2D eigenvalue weighted by atomic mass is 32.1. The molecule has 0 aliphatic carbocycles. The molecule has 0 saturated heterocycles. The van der Waals surface area contributed by atoms with Crippen LogP contribution in [-0.4, -0.2) is 34.3 Å². The molecule has 6 nitrogen and oxygen atoms in total. The monoisotopic (exact) mass is 409 g/mol. The first-order valence-electron chi connectivity index (χ1n) is 9.44. The summed E-state index contributed by atoms with van der Waals surface area (Å²) in [6.45, 7) is 4.07. The number of hydrogen-bond donors (Lipinski definition) is 1. The van der Waals surface area contributed by atoms with E-state index in [9.17, 15) is 9.59 Å². The van der Waals surface area contributed by atoms with E-state index in [1.54, 1.807) is 29.0 Å². The third kappa shape index (κ3) is 5.42. The van der Waals surface area contributed by atoms with Gasteiger partial charge in [0.05, 0.1) is 10.6 Å². The number of amides is 1. The number of para-hydroxylation sites is 1. The predicted octanol–water partition coefficient (Wildman–Crippen LogP) is 4.07. The largest absolute Gasteiger partial charge is 0.449 e. The van der Waals surface area contributed by atoms with Crippen LogP contribution in [0.5, 0.6) is 0 Å². The van der Waals surface area contributed by atoms with Gasteiger partial charge in [-0.1, -0.05) is 31.2 Å². The molecule has 0 aliphatic rings. The van der Waals surface area contributed by atoms with Crippen molar-refractivity contribution in [3.05, 3.63) is 65.7 Å². The molecule has 0 spiro atoms. The standard InChI is InChI=1S/C22H23N3O3S/c1-3-13-23-22(27)16(2)28-20(26)12-11-17-15-25(18-8-5-4-6-9-18)24-21(17)19-10-7-14-29-19/h4-12,14-16H,3,13H2,1-2H3,(H,23,27)/b12-11+. The summed E-state index contributed by atoms with van der Waals surface area (Å²) in [4.78, 5) is 25.0. The molecule has 0 saturated carbocycles. The average Bonchev–Trinajstić information content (AvgIpc) is 3.40. The minimum absolute atomic E-state index is 0.301. The summed E-state index contributed by atoms with van der Waals surface area (Å²) in [7, 11) is 0. The van der Waals surface area contributed by atoms with E-state index in [2.05, 4.69) is 10.4 Å². The first kappa shape index (κ1) is 20.5.